The lowest BCUT2D eigenvalue weighted by molar-refractivity contribution is -0.131. The molecule has 0 aromatic heterocycles. The summed E-state index contributed by atoms with van der Waals surface area (Å²) in [5.74, 6) is 1.83. The predicted octanol–water partition coefficient (Wildman–Crippen LogP) is 14.6. The second-order valence-corrected chi connectivity index (χ2v) is 16.1. The molecular formula is C57H51NO6. The van der Waals surface area contributed by atoms with Gasteiger partial charge < -0.3 is 23.8 Å². The average molecular weight is 846 g/mol. The van der Waals surface area contributed by atoms with Gasteiger partial charge in [-0.1, -0.05) is 134 Å². The van der Waals surface area contributed by atoms with Gasteiger partial charge in [-0.15, -0.1) is 0 Å². The van der Waals surface area contributed by atoms with E-state index in [1.165, 1.54) is 24.5 Å². The molecule has 0 unspecified atom stereocenters. The monoisotopic (exact) mass is 845 g/mol. The summed E-state index contributed by atoms with van der Waals surface area (Å²) in [5.41, 5.74) is 10.8. The molecule has 64 heavy (non-hydrogen) atoms. The third-order valence-corrected chi connectivity index (χ3v) is 11.7. The molecule has 0 bridgehead atoms. The number of anilines is 3. The van der Waals surface area contributed by atoms with E-state index < -0.39 is 6.16 Å². The fourth-order valence-electron chi connectivity index (χ4n) is 8.32. The van der Waals surface area contributed by atoms with Crippen molar-refractivity contribution in [3.8, 4) is 23.0 Å². The average Bonchev–Trinajstić information content (AvgIpc) is 3.33. The van der Waals surface area contributed by atoms with Crippen molar-refractivity contribution in [2.45, 2.75) is 51.4 Å². The number of nitrogens with zero attached hydrogens (tertiary/aromatic N) is 1. The number of ether oxygens (including phenoxy) is 4. The molecule has 0 aliphatic heterocycles. The summed E-state index contributed by atoms with van der Waals surface area (Å²) >= 11 is 0. The van der Waals surface area contributed by atoms with Gasteiger partial charge in [-0.2, -0.15) is 0 Å². The van der Waals surface area contributed by atoms with E-state index in [2.05, 4.69) is 115 Å². The van der Waals surface area contributed by atoms with E-state index >= 15 is 0 Å². The molecule has 1 aliphatic carbocycles. The van der Waals surface area contributed by atoms with Crippen molar-refractivity contribution in [1.29, 1.82) is 0 Å². The molecule has 0 saturated heterocycles. The third kappa shape index (κ3) is 10.7. The van der Waals surface area contributed by atoms with Crippen LogP contribution in [0, 0.1) is 6.92 Å². The molecule has 8 rings (SSSR count). The van der Waals surface area contributed by atoms with Crippen LogP contribution in [0.15, 0.2) is 170 Å². The molecule has 0 amide bonds. The molecule has 7 nitrogen and oxygen atoms in total. The molecule has 0 heterocycles. The first-order chi connectivity index (χ1) is 31.2. The first kappa shape index (κ1) is 43.0. The molecule has 1 fully saturated rings. The number of rotatable bonds is 13. The number of methoxy groups -OCH3 is 1. The number of hydrogen-bond donors (Lipinski definition) is 0. The summed E-state index contributed by atoms with van der Waals surface area (Å²) in [6.07, 6.45) is 13.0. The zero-order chi connectivity index (χ0) is 44.3. The lowest BCUT2D eigenvalue weighted by Crippen LogP contribution is -2.30. The van der Waals surface area contributed by atoms with Crippen molar-refractivity contribution in [1.82, 2.24) is 0 Å². The second kappa shape index (κ2) is 20.0. The van der Waals surface area contributed by atoms with Gasteiger partial charge in [0.1, 0.15) is 23.0 Å². The van der Waals surface area contributed by atoms with Gasteiger partial charge in [-0.3, -0.25) is 4.79 Å². The zero-order valence-corrected chi connectivity index (χ0v) is 36.4. The smallest absolute Gasteiger partial charge is 0.497 e. The first-order valence-corrected chi connectivity index (χ1v) is 21.7. The van der Waals surface area contributed by atoms with E-state index in [0.717, 1.165) is 76.3 Å². The van der Waals surface area contributed by atoms with Crippen LogP contribution in [0.4, 0.5) is 21.9 Å². The maximum Gasteiger partial charge on any atom is 0.519 e. The van der Waals surface area contributed by atoms with Gasteiger partial charge in [-0.25, -0.2) is 4.79 Å². The molecule has 1 saturated carbocycles. The Bertz CT molecular complexity index is 2700. The minimum absolute atomic E-state index is 0.166. The van der Waals surface area contributed by atoms with Gasteiger partial charge >= 0.3 is 12.1 Å². The van der Waals surface area contributed by atoms with Gasteiger partial charge in [0.25, 0.3) is 0 Å². The number of hydrogen-bond acceptors (Lipinski definition) is 7. The Balaban J connectivity index is 0.884. The fourth-order valence-corrected chi connectivity index (χ4v) is 8.32. The molecular weight excluding hydrogens is 795 g/mol. The Morgan fingerprint density at radius 3 is 1.19 bits per heavy atom. The van der Waals surface area contributed by atoms with E-state index in [1.54, 1.807) is 19.2 Å². The van der Waals surface area contributed by atoms with Gasteiger partial charge in [0, 0.05) is 29.4 Å². The van der Waals surface area contributed by atoms with Crippen LogP contribution in [-0.4, -0.2) is 19.2 Å². The summed E-state index contributed by atoms with van der Waals surface area (Å²) in [4.78, 5) is 26.5. The van der Waals surface area contributed by atoms with E-state index in [9.17, 15) is 9.59 Å². The maximum atomic E-state index is 12.8. The van der Waals surface area contributed by atoms with Gasteiger partial charge in [-0.05, 0) is 138 Å². The lowest BCUT2D eigenvalue weighted by Gasteiger charge is -2.38. The van der Waals surface area contributed by atoms with Crippen LogP contribution in [0.3, 0.4) is 0 Å². The van der Waals surface area contributed by atoms with Crippen LogP contribution >= 0.6 is 0 Å². The first-order valence-electron chi connectivity index (χ1n) is 21.7. The Morgan fingerprint density at radius 1 is 0.453 bits per heavy atom. The van der Waals surface area contributed by atoms with Crippen LogP contribution in [0.2, 0.25) is 0 Å². The van der Waals surface area contributed by atoms with Crippen molar-refractivity contribution in [3.05, 3.63) is 209 Å². The summed E-state index contributed by atoms with van der Waals surface area (Å²) in [5, 5.41) is 0. The SMILES string of the molecule is COc1ccc(C=Cc2ccc(N(c3ccc(C)cc3)c3ccc(C=Cc4ccc(OC(=O)Oc5ccc(C6(c7ccc(OC(C)=O)cc7)CCCCC6)cc5)cc4)cc3)cc2)cc1. The highest BCUT2D eigenvalue weighted by Crippen LogP contribution is 2.45. The van der Waals surface area contributed by atoms with Crippen molar-refractivity contribution in [2.24, 2.45) is 0 Å². The summed E-state index contributed by atoms with van der Waals surface area (Å²) in [6.45, 7) is 3.50. The second-order valence-electron chi connectivity index (χ2n) is 16.1. The fraction of sp³-hybridized carbons (Fsp3) is 0.158. The van der Waals surface area contributed by atoms with Crippen LogP contribution in [-0.2, 0) is 10.2 Å². The molecule has 0 N–H and O–H groups in total. The normalized spacial score (nSPS) is 13.4. The largest absolute Gasteiger partial charge is 0.519 e. The van der Waals surface area contributed by atoms with Crippen molar-refractivity contribution in [2.75, 3.05) is 12.0 Å². The predicted molar refractivity (Wildman–Crippen MR) is 258 cm³/mol. The van der Waals surface area contributed by atoms with Gasteiger partial charge in [0.15, 0.2) is 0 Å². The number of carbonyl (C=O) groups excluding carboxylic acids is 2. The molecule has 0 spiro atoms. The number of carbonyl (C=O) groups is 2. The Hall–Kier alpha value is -7.64. The Morgan fingerprint density at radius 2 is 0.797 bits per heavy atom. The van der Waals surface area contributed by atoms with Gasteiger partial charge in [0.05, 0.1) is 7.11 Å². The molecule has 1 aliphatic rings. The highest BCUT2D eigenvalue weighted by atomic mass is 16.7. The molecule has 0 atom stereocenters. The Kier molecular flexibility index (Phi) is 13.5. The van der Waals surface area contributed by atoms with Crippen molar-refractivity contribution in [3.63, 3.8) is 0 Å². The van der Waals surface area contributed by atoms with Crippen molar-refractivity contribution < 1.29 is 28.5 Å². The number of benzene rings is 7. The highest BCUT2D eigenvalue weighted by molar-refractivity contribution is 5.80. The van der Waals surface area contributed by atoms with E-state index in [4.69, 9.17) is 18.9 Å². The lowest BCUT2D eigenvalue weighted by atomic mass is 9.65. The van der Waals surface area contributed by atoms with Crippen molar-refractivity contribution >= 4 is 53.5 Å². The number of aryl methyl sites for hydroxylation is 1. The molecule has 0 radical (unpaired) electrons. The summed E-state index contributed by atoms with van der Waals surface area (Å²) < 4.78 is 21.7. The van der Waals surface area contributed by atoms with E-state index in [-0.39, 0.29) is 11.4 Å². The third-order valence-electron chi connectivity index (χ3n) is 11.7. The summed E-state index contributed by atoms with van der Waals surface area (Å²) in [6, 6.07) is 56.5. The van der Waals surface area contributed by atoms with Crippen LogP contribution in [0.1, 0.15) is 78.0 Å². The Labute approximate surface area is 375 Å². The molecule has 320 valence electrons. The van der Waals surface area contributed by atoms with Gasteiger partial charge in [0.2, 0.25) is 0 Å². The summed E-state index contributed by atoms with van der Waals surface area (Å²) in [7, 11) is 1.67. The van der Waals surface area contributed by atoms with Crippen LogP contribution in [0.25, 0.3) is 24.3 Å². The molecule has 7 aromatic carbocycles. The quantitative estimate of drug-likeness (QED) is 0.0495. The minimum Gasteiger partial charge on any atom is -0.497 e. The number of esters is 1. The standard InChI is InChI=1S/C57H51NO6/c1-41-7-25-49(26-8-41)58(50-27-13-43(14-28-50)9-11-45-17-31-52(61-3)32-18-45)51-29-15-44(16-30-51)10-12-46-19-33-54(34-20-46)63-56(60)64-55-37-23-48(24-38-55)57(39-5-4-6-40-57)47-21-35-53(36-22-47)62-42(2)59/h7-38H,4-6,39-40H2,1-3H3. The molecule has 7 heteroatoms. The zero-order valence-electron chi connectivity index (χ0n) is 36.4. The van der Waals surface area contributed by atoms with Crippen LogP contribution in [0.5, 0.6) is 23.0 Å². The van der Waals surface area contributed by atoms with E-state index in [0.29, 0.717) is 17.2 Å². The van der Waals surface area contributed by atoms with E-state index in [1.807, 2.05) is 78.9 Å². The maximum absolute atomic E-state index is 12.8. The highest BCUT2D eigenvalue weighted by Gasteiger charge is 2.35. The van der Waals surface area contributed by atoms with Crippen LogP contribution < -0.4 is 23.8 Å². The molecule has 7 aromatic rings. The minimum atomic E-state index is -0.804. The topological polar surface area (TPSA) is 74.3 Å².